The Balaban J connectivity index is 1.99. The van der Waals surface area contributed by atoms with Crippen LogP contribution in [0, 0.1) is 12.8 Å². The summed E-state index contributed by atoms with van der Waals surface area (Å²) in [6.07, 6.45) is 5.64. The smallest absolute Gasteiger partial charge is 0.274 e. The molecule has 0 bridgehead atoms. The van der Waals surface area contributed by atoms with Crippen molar-refractivity contribution in [3.8, 4) is 0 Å². The lowest BCUT2D eigenvalue weighted by Crippen LogP contribution is -2.38. The van der Waals surface area contributed by atoms with Crippen LogP contribution in [0.4, 0.5) is 0 Å². The van der Waals surface area contributed by atoms with Crippen LogP contribution in [0.1, 0.15) is 49.3 Å². The fourth-order valence-electron chi connectivity index (χ4n) is 2.74. The first-order valence-corrected chi connectivity index (χ1v) is 8.33. The maximum Gasteiger partial charge on any atom is 0.274 e. The van der Waals surface area contributed by atoms with Gasteiger partial charge in [-0.2, -0.15) is 0 Å². The van der Waals surface area contributed by atoms with Crippen molar-refractivity contribution in [1.29, 1.82) is 0 Å². The largest absolute Gasteiger partial charge is 0.343 e. The zero-order valence-corrected chi connectivity index (χ0v) is 14.3. The predicted molar refractivity (Wildman–Crippen MR) is 87.9 cm³/mol. The zero-order chi connectivity index (χ0) is 16.8. The summed E-state index contributed by atoms with van der Waals surface area (Å²) in [4.78, 5) is 36.7. The molecule has 0 aliphatic carbocycles. The third kappa shape index (κ3) is 5.01. The minimum Gasteiger partial charge on any atom is -0.343 e. The van der Waals surface area contributed by atoms with Crippen LogP contribution in [0.5, 0.6) is 0 Å². The van der Waals surface area contributed by atoms with E-state index in [-0.39, 0.29) is 11.8 Å². The zero-order valence-electron chi connectivity index (χ0n) is 14.3. The van der Waals surface area contributed by atoms with Crippen molar-refractivity contribution in [2.75, 3.05) is 26.2 Å². The quantitative estimate of drug-likeness (QED) is 0.803. The normalized spacial score (nSPS) is 14.3. The van der Waals surface area contributed by atoms with Gasteiger partial charge < -0.3 is 9.80 Å². The Morgan fingerprint density at radius 3 is 2.48 bits per heavy atom. The Kier molecular flexibility index (Phi) is 6.07. The number of likely N-dealkylation sites (tertiary alicyclic amines) is 1. The molecule has 0 aromatic carbocycles. The second kappa shape index (κ2) is 8.04. The molecule has 0 spiro atoms. The lowest BCUT2D eigenvalue weighted by Gasteiger charge is -2.25. The van der Waals surface area contributed by atoms with E-state index >= 15 is 0 Å². The average Bonchev–Trinajstić information content (AvgIpc) is 3.05. The minimum absolute atomic E-state index is 0.138. The second-order valence-corrected chi connectivity index (χ2v) is 6.53. The highest BCUT2D eigenvalue weighted by Crippen LogP contribution is 2.11. The van der Waals surface area contributed by atoms with Crippen molar-refractivity contribution in [2.45, 2.75) is 40.0 Å². The standard InChI is InChI=1S/C17H26N4O2/c1-13(2)12-21(9-6-16(22)20-7-4-5-8-20)17(23)15-11-18-14(3)10-19-15/h10-11,13H,4-9,12H2,1-3H3. The van der Waals surface area contributed by atoms with Crippen LogP contribution >= 0.6 is 0 Å². The number of aromatic nitrogens is 2. The molecule has 1 aromatic rings. The summed E-state index contributed by atoms with van der Waals surface area (Å²) in [6, 6.07) is 0. The molecule has 6 nitrogen and oxygen atoms in total. The molecule has 1 aromatic heterocycles. The lowest BCUT2D eigenvalue weighted by molar-refractivity contribution is -0.130. The number of rotatable bonds is 6. The first-order valence-electron chi connectivity index (χ1n) is 8.33. The Bertz CT molecular complexity index is 536. The van der Waals surface area contributed by atoms with Gasteiger partial charge in [0, 0.05) is 38.8 Å². The van der Waals surface area contributed by atoms with Crippen LogP contribution in [0.15, 0.2) is 12.4 Å². The van der Waals surface area contributed by atoms with E-state index in [1.807, 2.05) is 11.8 Å². The summed E-state index contributed by atoms with van der Waals surface area (Å²) in [5.74, 6) is 0.318. The molecule has 2 rings (SSSR count). The van der Waals surface area contributed by atoms with Gasteiger partial charge in [-0.3, -0.25) is 14.6 Å². The van der Waals surface area contributed by atoms with Crippen molar-refractivity contribution in [3.63, 3.8) is 0 Å². The van der Waals surface area contributed by atoms with E-state index < -0.39 is 0 Å². The molecule has 126 valence electrons. The highest BCUT2D eigenvalue weighted by atomic mass is 16.2. The average molecular weight is 318 g/mol. The fourth-order valence-corrected chi connectivity index (χ4v) is 2.74. The third-order valence-corrected chi connectivity index (χ3v) is 3.93. The summed E-state index contributed by atoms with van der Waals surface area (Å²) in [5, 5.41) is 0. The van der Waals surface area contributed by atoms with Crippen molar-refractivity contribution < 1.29 is 9.59 Å². The Morgan fingerprint density at radius 1 is 1.22 bits per heavy atom. The van der Waals surface area contributed by atoms with Gasteiger partial charge in [0.15, 0.2) is 0 Å². The van der Waals surface area contributed by atoms with Gasteiger partial charge >= 0.3 is 0 Å². The van der Waals surface area contributed by atoms with Crippen LogP contribution in [0.3, 0.4) is 0 Å². The van der Waals surface area contributed by atoms with Crippen LogP contribution in [0.25, 0.3) is 0 Å². The number of hydrogen-bond donors (Lipinski definition) is 0. The summed E-state index contributed by atoms with van der Waals surface area (Å²) in [5.41, 5.74) is 1.12. The van der Waals surface area contributed by atoms with Crippen molar-refractivity contribution in [3.05, 3.63) is 23.8 Å². The molecule has 0 N–H and O–H groups in total. The Morgan fingerprint density at radius 2 is 1.91 bits per heavy atom. The maximum atomic E-state index is 12.6. The van der Waals surface area contributed by atoms with Gasteiger partial charge in [-0.15, -0.1) is 0 Å². The van der Waals surface area contributed by atoms with Crippen LogP contribution in [-0.2, 0) is 4.79 Å². The highest BCUT2D eigenvalue weighted by molar-refractivity contribution is 5.92. The summed E-state index contributed by atoms with van der Waals surface area (Å²) in [6.45, 7) is 8.69. The van der Waals surface area contributed by atoms with Gasteiger partial charge in [0.05, 0.1) is 11.9 Å². The second-order valence-electron chi connectivity index (χ2n) is 6.53. The molecular weight excluding hydrogens is 292 g/mol. The topological polar surface area (TPSA) is 66.4 Å². The summed E-state index contributed by atoms with van der Waals surface area (Å²) < 4.78 is 0. The van der Waals surface area contributed by atoms with E-state index in [0.717, 1.165) is 31.6 Å². The number of carbonyl (C=O) groups is 2. The molecule has 0 saturated carbocycles. The minimum atomic E-state index is -0.152. The predicted octanol–water partition coefficient (Wildman–Crippen LogP) is 1.90. The van der Waals surface area contributed by atoms with Crippen molar-refractivity contribution in [1.82, 2.24) is 19.8 Å². The van der Waals surface area contributed by atoms with E-state index in [9.17, 15) is 9.59 Å². The van der Waals surface area contributed by atoms with E-state index in [1.54, 1.807) is 11.1 Å². The fraction of sp³-hybridized carbons (Fsp3) is 0.647. The summed E-state index contributed by atoms with van der Waals surface area (Å²) in [7, 11) is 0. The first-order chi connectivity index (χ1) is 11.0. The first kappa shape index (κ1) is 17.4. The number of carbonyl (C=O) groups excluding carboxylic acids is 2. The van der Waals surface area contributed by atoms with Crippen LogP contribution in [-0.4, -0.2) is 57.8 Å². The Labute approximate surface area is 137 Å². The molecule has 1 saturated heterocycles. The highest BCUT2D eigenvalue weighted by Gasteiger charge is 2.22. The van der Waals surface area contributed by atoms with Gasteiger partial charge in [0.25, 0.3) is 5.91 Å². The number of hydrogen-bond acceptors (Lipinski definition) is 4. The van der Waals surface area contributed by atoms with Crippen LogP contribution in [0.2, 0.25) is 0 Å². The molecule has 6 heteroatoms. The molecule has 23 heavy (non-hydrogen) atoms. The van der Waals surface area contributed by atoms with E-state index in [1.165, 1.54) is 6.20 Å². The van der Waals surface area contributed by atoms with Crippen molar-refractivity contribution in [2.24, 2.45) is 5.92 Å². The molecule has 0 atom stereocenters. The Hall–Kier alpha value is -1.98. The molecule has 2 heterocycles. The molecule has 2 amide bonds. The van der Waals surface area contributed by atoms with Gasteiger partial charge in [0.2, 0.25) is 5.91 Å². The lowest BCUT2D eigenvalue weighted by atomic mass is 10.2. The van der Waals surface area contributed by atoms with E-state index in [2.05, 4.69) is 23.8 Å². The van der Waals surface area contributed by atoms with Crippen molar-refractivity contribution >= 4 is 11.8 Å². The SMILES string of the molecule is Cc1cnc(C(=O)N(CCC(=O)N2CCCC2)CC(C)C)cn1. The van der Waals surface area contributed by atoms with Gasteiger partial charge in [-0.25, -0.2) is 4.98 Å². The molecule has 1 aliphatic rings. The molecule has 0 unspecified atom stereocenters. The molecule has 1 aliphatic heterocycles. The molecule has 0 radical (unpaired) electrons. The van der Waals surface area contributed by atoms with E-state index in [0.29, 0.717) is 31.1 Å². The summed E-state index contributed by atoms with van der Waals surface area (Å²) >= 11 is 0. The van der Waals surface area contributed by atoms with E-state index in [4.69, 9.17) is 0 Å². The van der Waals surface area contributed by atoms with Gasteiger partial charge in [-0.1, -0.05) is 13.8 Å². The number of nitrogens with zero attached hydrogens (tertiary/aromatic N) is 4. The number of amides is 2. The molecular formula is C17H26N4O2. The third-order valence-electron chi connectivity index (χ3n) is 3.93. The van der Waals surface area contributed by atoms with Crippen LogP contribution < -0.4 is 0 Å². The van der Waals surface area contributed by atoms with Gasteiger partial charge in [-0.05, 0) is 25.7 Å². The maximum absolute atomic E-state index is 12.6. The molecule has 1 fully saturated rings. The number of aryl methyl sites for hydroxylation is 1. The van der Waals surface area contributed by atoms with Gasteiger partial charge in [0.1, 0.15) is 5.69 Å². The monoisotopic (exact) mass is 318 g/mol.